The molecule has 7 nitrogen and oxygen atoms in total. The van der Waals surface area contributed by atoms with Crippen LogP contribution in [0.5, 0.6) is 5.75 Å². The molecule has 0 fully saturated rings. The molecule has 0 atom stereocenters. The molecule has 4 rings (SSSR count). The number of phenolic OH excluding ortho intramolecular Hbond substituents is 1. The van der Waals surface area contributed by atoms with Gasteiger partial charge in [-0.1, -0.05) is 6.07 Å². The molecule has 1 N–H and O–H groups in total. The van der Waals surface area contributed by atoms with Crippen molar-refractivity contribution in [2.45, 2.75) is 0 Å². The minimum absolute atomic E-state index is 0.122. The number of halogens is 2. The molecule has 0 aliphatic carbocycles. The molecule has 1 heterocycles. The average molecular weight is 564 g/mol. The van der Waals surface area contributed by atoms with Gasteiger partial charge in [0.1, 0.15) is 11.3 Å². The van der Waals surface area contributed by atoms with Crippen molar-refractivity contribution in [3.8, 4) is 17.2 Å². The van der Waals surface area contributed by atoms with Crippen LogP contribution in [0.1, 0.15) is 5.56 Å². The third kappa shape index (κ3) is 4.15. The predicted octanol–water partition coefficient (Wildman–Crippen LogP) is 6.23. The highest BCUT2D eigenvalue weighted by Crippen LogP contribution is 2.32. The Morgan fingerprint density at radius 3 is 2.79 bits per heavy atom. The van der Waals surface area contributed by atoms with Gasteiger partial charge in [-0.2, -0.15) is 0 Å². The third-order valence-electron chi connectivity index (χ3n) is 4.08. The molecular formula is C20H11BrIN3O4. The number of nitrogens with zero attached hydrogens (tertiary/aromatic N) is 3. The monoisotopic (exact) mass is 563 g/mol. The highest BCUT2D eigenvalue weighted by molar-refractivity contribution is 14.1. The molecule has 0 unspecified atom stereocenters. The topological polar surface area (TPSA) is 102 Å². The summed E-state index contributed by atoms with van der Waals surface area (Å²) in [6.45, 7) is 0. The molecule has 0 aliphatic heterocycles. The van der Waals surface area contributed by atoms with Crippen LogP contribution >= 0.6 is 38.5 Å². The van der Waals surface area contributed by atoms with E-state index in [0.29, 0.717) is 22.7 Å². The summed E-state index contributed by atoms with van der Waals surface area (Å²) in [5.74, 6) is 0.391. The van der Waals surface area contributed by atoms with Crippen LogP contribution in [0.4, 0.5) is 11.4 Å². The smallest absolute Gasteiger partial charge is 0.271 e. The standard InChI is InChI=1S/C20H11BrIN3O4/c21-16-9-15(25(27)28)7-12(19(16)26)10-23-14-4-5-18-17(8-14)24-20(29-18)11-2-1-3-13(22)6-11/h1-10,26H. The lowest BCUT2D eigenvalue weighted by Crippen LogP contribution is -1.91. The molecule has 0 amide bonds. The number of non-ortho nitro benzene ring substituents is 1. The normalized spacial score (nSPS) is 11.4. The van der Waals surface area contributed by atoms with E-state index in [1.165, 1.54) is 18.3 Å². The van der Waals surface area contributed by atoms with Crippen molar-refractivity contribution in [2.75, 3.05) is 0 Å². The van der Waals surface area contributed by atoms with Gasteiger partial charge in [0.2, 0.25) is 5.89 Å². The van der Waals surface area contributed by atoms with E-state index in [4.69, 9.17) is 4.42 Å². The maximum atomic E-state index is 11.0. The Balaban J connectivity index is 1.68. The van der Waals surface area contributed by atoms with Crippen LogP contribution in [-0.4, -0.2) is 21.2 Å². The molecule has 0 aliphatic rings. The summed E-state index contributed by atoms with van der Waals surface area (Å²) in [5.41, 5.74) is 2.79. The van der Waals surface area contributed by atoms with Gasteiger partial charge in [0.05, 0.1) is 15.1 Å². The first-order chi connectivity index (χ1) is 13.9. The van der Waals surface area contributed by atoms with E-state index < -0.39 is 4.92 Å². The SMILES string of the molecule is O=[N+]([O-])c1cc(Br)c(O)c(C=Nc2ccc3oc(-c4cccc(I)c4)nc3c2)c1. The number of hydrogen-bond donors (Lipinski definition) is 1. The van der Waals surface area contributed by atoms with Crippen LogP contribution in [0.25, 0.3) is 22.6 Å². The van der Waals surface area contributed by atoms with Gasteiger partial charge in [0.25, 0.3) is 5.69 Å². The van der Waals surface area contributed by atoms with Crippen molar-refractivity contribution >= 4 is 67.2 Å². The molecule has 144 valence electrons. The predicted molar refractivity (Wildman–Crippen MR) is 122 cm³/mol. The number of benzene rings is 3. The molecule has 3 aromatic carbocycles. The fraction of sp³-hybridized carbons (Fsp3) is 0. The van der Waals surface area contributed by atoms with Crippen LogP contribution in [-0.2, 0) is 0 Å². The van der Waals surface area contributed by atoms with E-state index in [0.717, 1.165) is 9.13 Å². The first-order valence-corrected chi connectivity index (χ1v) is 10.2. The van der Waals surface area contributed by atoms with Crippen LogP contribution in [0.15, 0.2) is 68.5 Å². The molecule has 0 radical (unpaired) electrons. The molecule has 0 spiro atoms. The molecule has 4 aromatic rings. The maximum absolute atomic E-state index is 11.0. The van der Waals surface area contributed by atoms with Crippen LogP contribution in [0, 0.1) is 13.7 Å². The zero-order chi connectivity index (χ0) is 20.5. The Kier molecular flexibility index (Phi) is 5.33. The summed E-state index contributed by atoms with van der Waals surface area (Å²) in [6.07, 6.45) is 1.37. The quantitative estimate of drug-likeness (QED) is 0.137. The summed E-state index contributed by atoms with van der Waals surface area (Å²) < 4.78 is 7.12. The van der Waals surface area contributed by atoms with Gasteiger partial charge in [-0.3, -0.25) is 15.1 Å². The van der Waals surface area contributed by atoms with Crippen LogP contribution in [0.2, 0.25) is 0 Å². The van der Waals surface area contributed by atoms with Gasteiger partial charge in [0, 0.05) is 33.0 Å². The molecule has 9 heteroatoms. The van der Waals surface area contributed by atoms with E-state index in [-0.39, 0.29) is 21.5 Å². The van der Waals surface area contributed by atoms with E-state index in [9.17, 15) is 15.2 Å². The summed E-state index contributed by atoms with van der Waals surface area (Å²) in [6, 6.07) is 15.6. The number of aromatic hydroxyl groups is 1. The zero-order valence-electron chi connectivity index (χ0n) is 14.5. The fourth-order valence-electron chi connectivity index (χ4n) is 2.69. The minimum atomic E-state index is -0.532. The molecular weight excluding hydrogens is 553 g/mol. The Morgan fingerprint density at radius 2 is 2.03 bits per heavy atom. The van der Waals surface area contributed by atoms with Gasteiger partial charge in [0.15, 0.2) is 5.58 Å². The average Bonchev–Trinajstić information content (AvgIpc) is 3.12. The van der Waals surface area contributed by atoms with E-state index >= 15 is 0 Å². The van der Waals surface area contributed by atoms with Gasteiger partial charge < -0.3 is 9.52 Å². The number of hydrogen-bond acceptors (Lipinski definition) is 6. The van der Waals surface area contributed by atoms with Gasteiger partial charge in [-0.25, -0.2) is 4.98 Å². The van der Waals surface area contributed by atoms with Crippen LogP contribution < -0.4 is 0 Å². The molecule has 0 saturated heterocycles. The number of nitro groups is 1. The van der Waals surface area contributed by atoms with E-state index in [1.807, 2.05) is 24.3 Å². The number of nitro benzene ring substituents is 1. The lowest BCUT2D eigenvalue weighted by molar-refractivity contribution is -0.385. The Morgan fingerprint density at radius 1 is 1.21 bits per heavy atom. The third-order valence-corrected chi connectivity index (χ3v) is 5.36. The van der Waals surface area contributed by atoms with Crippen molar-refractivity contribution < 1.29 is 14.4 Å². The largest absolute Gasteiger partial charge is 0.506 e. The number of aliphatic imine (C=N–C) groups is 1. The number of phenols is 1. The number of rotatable bonds is 4. The number of fused-ring (bicyclic) bond motifs is 1. The second-order valence-corrected chi connectivity index (χ2v) is 8.16. The molecule has 1 aromatic heterocycles. The first-order valence-electron chi connectivity index (χ1n) is 8.28. The summed E-state index contributed by atoms with van der Waals surface area (Å²) >= 11 is 5.34. The Bertz CT molecular complexity index is 1290. The van der Waals surface area contributed by atoms with Crippen molar-refractivity contribution in [2.24, 2.45) is 4.99 Å². The minimum Gasteiger partial charge on any atom is -0.506 e. The number of aromatic nitrogens is 1. The van der Waals surface area contributed by atoms with Crippen LogP contribution in [0.3, 0.4) is 0 Å². The van der Waals surface area contributed by atoms with Crippen molar-refractivity contribution in [1.82, 2.24) is 4.98 Å². The zero-order valence-corrected chi connectivity index (χ0v) is 18.3. The molecule has 0 saturated carbocycles. The molecule has 0 bridgehead atoms. The highest BCUT2D eigenvalue weighted by atomic mass is 127. The lowest BCUT2D eigenvalue weighted by Gasteiger charge is -2.02. The summed E-state index contributed by atoms with van der Waals surface area (Å²) in [7, 11) is 0. The summed E-state index contributed by atoms with van der Waals surface area (Å²) in [4.78, 5) is 19.3. The second kappa shape index (κ2) is 7.91. The van der Waals surface area contributed by atoms with Gasteiger partial charge in [-0.05, 0) is 74.9 Å². The van der Waals surface area contributed by atoms with Crippen molar-refractivity contribution in [1.29, 1.82) is 0 Å². The molecule has 29 heavy (non-hydrogen) atoms. The van der Waals surface area contributed by atoms with Crippen molar-refractivity contribution in [3.05, 3.63) is 78.3 Å². The second-order valence-electron chi connectivity index (χ2n) is 6.06. The first kappa shape index (κ1) is 19.5. The van der Waals surface area contributed by atoms with E-state index in [1.54, 1.807) is 18.2 Å². The fourth-order valence-corrected chi connectivity index (χ4v) is 3.70. The van der Waals surface area contributed by atoms with Gasteiger partial charge >= 0.3 is 0 Å². The number of oxazole rings is 1. The highest BCUT2D eigenvalue weighted by Gasteiger charge is 2.14. The van der Waals surface area contributed by atoms with Gasteiger partial charge in [-0.15, -0.1) is 0 Å². The maximum Gasteiger partial charge on any atom is 0.271 e. The van der Waals surface area contributed by atoms with Crippen molar-refractivity contribution in [3.63, 3.8) is 0 Å². The summed E-state index contributed by atoms with van der Waals surface area (Å²) in [5, 5.41) is 21.1. The Hall–Kier alpha value is -2.79. The Labute approximate surface area is 186 Å². The lowest BCUT2D eigenvalue weighted by atomic mass is 10.2. The van der Waals surface area contributed by atoms with E-state index in [2.05, 4.69) is 48.5 Å².